The molecule has 0 saturated carbocycles. The standard InChI is InChI=1S/C13H10F3N3O2/c1-21-11-3-2-8(13(14,15)16)6-9(11)19-12(20)10-7-17-4-5-18-10/h2-7H,1H3,(H,19,20). The molecule has 0 aliphatic heterocycles. The van der Waals surface area contributed by atoms with Crippen molar-refractivity contribution < 1.29 is 22.7 Å². The zero-order chi connectivity index (χ0) is 15.5. The van der Waals surface area contributed by atoms with Gasteiger partial charge in [0.05, 0.1) is 24.6 Å². The Balaban J connectivity index is 2.32. The van der Waals surface area contributed by atoms with Crippen LogP contribution in [0.3, 0.4) is 0 Å². The summed E-state index contributed by atoms with van der Waals surface area (Å²) >= 11 is 0. The number of hydrogen-bond acceptors (Lipinski definition) is 4. The van der Waals surface area contributed by atoms with Gasteiger partial charge in [-0.05, 0) is 18.2 Å². The highest BCUT2D eigenvalue weighted by Crippen LogP contribution is 2.35. The van der Waals surface area contributed by atoms with Crippen LogP contribution in [0.15, 0.2) is 36.8 Å². The molecule has 0 bridgehead atoms. The lowest BCUT2D eigenvalue weighted by atomic mass is 10.1. The third-order valence-electron chi connectivity index (χ3n) is 2.57. The van der Waals surface area contributed by atoms with Crippen LogP contribution in [0.1, 0.15) is 16.1 Å². The number of anilines is 1. The lowest BCUT2D eigenvalue weighted by molar-refractivity contribution is -0.137. The number of carbonyl (C=O) groups excluding carboxylic acids is 1. The van der Waals surface area contributed by atoms with E-state index in [1.54, 1.807) is 0 Å². The summed E-state index contributed by atoms with van der Waals surface area (Å²) in [6.45, 7) is 0. The number of ether oxygens (including phenoxy) is 1. The third kappa shape index (κ3) is 3.47. The molecule has 0 aliphatic rings. The van der Waals surface area contributed by atoms with E-state index in [4.69, 9.17) is 4.74 Å². The number of rotatable bonds is 3. The van der Waals surface area contributed by atoms with Gasteiger partial charge >= 0.3 is 6.18 Å². The molecule has 2 aromatic rings. The number of halogens is 3. The summed E-state index contributed by atoms with van der Waals surface area (Å²) in [4.78, 5) is 19.4. The monoisotopic (exact) mass is 297 g/mol. The molecule has 0 unspecified atom stereocenters. The number of amides is 1. The lowest BCUT2D eigenvalue weighted by Gasteiger charge is -2.13. The molecular formula is C13H10F3N3O2. The topological polar surface area (TPSA) is 64.1 Å². The number of nitrogens with one attached hydrogen (secondary N) is 1. The lowest BCUT2D eigenvalue weighted by Crippen LogP contribution is -2.15. The van der Waals surface area contributed by atoms with Crippen LogP contribution < -0.4 is 10.1 Å². The first-order chi connectivity index (χ1) is 9.91. The molecule has 0 atom stereocenters. The summed E-state index contributed by atoms with van der Waals surface area (Å²) in [6.07, 6.45) is -0.631. The molecule has 0 spiro atoms. The van der Waals surface area contributed by atoms with Gasteiger partial charge in [-0.15, -0.1) is 0 Å². The van der Waals surface area contributed by atoms with E-state index in [9.17, 15) is 18.0 Å². The third-order valence-corrected chi connectivity index (χ3v) is 2.57. The van der Waals surface area contributed by atoms with Crippen LogP contribution in [0.2, 0.25) is 0 Å². The molecule has 1 N–H and O–H groups in total. The minimum absolute atomic E-state index is 0.0167. The zero-order valence-electron chi connectivity index (χ0n) is 10.8. The van der Waals surface area contributed by atoms with Gasteiger partial charge in [0.15, 0.2) is 0 Å². The zero-order valence-corrected chi connectivity index (χ0v) is 10.8. The van der Waals surface area contributed by atoms with E-state index in [-0.39, 0.29) is 17.1 Å². The molecule has 2 rings (SSSR count). The normalized spacial score (nSPS) is 11.0. The van der Waals surface area contributed by atoms with Crippen LogP contribution in [-0.4, -0.2) is 23.0 Å². The highest BCUT2D eigenvalue weighted by Gasteiger charge is 2.31. The van der Waals surface area contributed by atoms with Gasteiger partial charge in [-0.3, -0.25) is 9.78 Å². The summed E-state index contributed by atoms with van der Waals surface area (Å²) in [6, 6.07) is 2.80. The van der Waals surface area contributed by atoms with E-state index in [0.29, 0.717) is 0 Å². The molecule has 0 aliphatic carbocycles. The van der Waals surface area contributed by atoms with E-state index in [1.807, 2.05) is 0 Å². The number of methoxy groups -OCH3 is 1. The first kappa shape index (κ1) is 14.8. The van der Waals surface area contributed by atoms with Crippen LogP contribution in [0, 0.1) is 0 Å². The van der Waals surface area contributed by atoms with Crippen LogP contribution in [0.25, 0.3) is 0 Å². The minimum Gasteiger partial charge on any atom is -0.495 e. The smallest absolute Gasteiger partial charge is 0.416 e. The highest BCUT2D eigenvalue weighted by atomic mass is 19.4. The first-order valence-electron chi connectivity index (χ1n) is 5.74. The van der Waals surface area contributed by atoms with E-state index in [0.717, 1.165) is 18.2 Å². The second-order valence-electron chi connectivity index (χ2n) is 3.96. The van der Waals surface area contributed by atoms with Crippen molar-refractivity contribution in [1.82, 2.24) is 9.97 Å². The Morgan fingerprint density at radius 3 is 2.62 bits per heavy atom. The average molecular weight is 297 g/mol. The molecule has 1 heterocycles. The predicted molar refractivity (Wildman–Crippen MR) is 68.0 cm³/mol. The van der Waals surface area contributed by atoms with Gasteiger partial charge in [-0.25, -0.2) is 4.98 Å². The fourth-order valence-corrected chi connectivity index (χ4v) is 1.58. The van der Waals surface area contributed by atoms with Crippen LogP contribution in [0.4, 0.5) is 18.9 Å². The number of hydrogen-bond donors (Lipinski definition) is 1. The Kier molecular flexibility index (Phi) is 4.06. The summed E-state index contributed by atoms with van der Waals surface area (Å²) in [5.74, 6) is -0.569. The number of carbonyl (C=O) groups is 1. The van der Waals surface area contributed by atoms with Crippen molar-refractivity contribution in [1.29, 1.82) is 0 Å². The maximum Gasteiger partial charge on any atom is 0.416 e. The molecule has 1 amide bonds. The Hall–Kier alpha value is -2.64. The summed E-state index contributed by atoms with van der Waals surface area (Å²) in [7, 11) is 1.29. The van der Waals surface area contributed by atoms with Gasteiger partial charge in [0.25, 0.3) is 5.91 Å². The summed E-state index contributed by atoms with van der Waals surface area (Å²) in [5, 5.41) is 2.32. The Labute approximate surface area is 117 Å². The van der Waals surface area contributed by atoms with Gasteiger partial charge < -0.3 is 10.1 Å². The number of alkyl halides is 3. The molecule has 0 saturated heterocycles. The Morgan fingerprint density at radius 1 is 1.29 bits per heavy atom. The fourth-order valence-electron chi connectivity index (χ4n) is 1.58. The van der Waals surface area contributed by atoms with Crippen molar-refractivity contribution >= 4 is 11.6 Å². The van der Waals surface area contributed by atoms with Crippen molar-refractivity contribution in [3.63, 3.8) is 0 Å². The van der Waals surface area contributed by atoms with Gasteiger partial charge in [-0.2, -0.15) is 13.2 Å². The van der Waals surface area contributed by atoms with Crippen molar-refractivity contribution in [3.05, 3.63) is 48.0 Å². The molecular weight excluding hydrogens is 287 g/mol. The van der Waals surface area contributed by atoms with Crippen molar-refractivity contribution in [2.45, 2.75) is 6.18 Å². The van der Waals surface area contributed by atoms with Crippen molar-refractivity contribution in [3.8, 4) is 5.75 Å². The second-order valence-corrected chi connectivity index (χ2v) is 3.96. The molecule has 0 fully saturated rings. The number of nitrogens with zero attached hydrogens (tertiary/aromatic N) is 2. The molecule has 8 heteroatoms. The summed E-state index contributed by atoms with van der Waals surface area (Å²) in [5.41, 5.74) is -1.00. The SMILES string of the molecule is COc1ccc(C(F)(F)F)cc1NC(=O)c1cnccn1. The number of benzene rings is 1. The first-order valence-corrected chi connectivity index (χ1v) is 5.74. The quantitative estimate of drug-likeness (QED) is 0.946. The van der Waals surface area contributed by atoms with E-state index in [2.05, 4.69) is 15.3 Å². The van der Waals surface area contributed by atoms with Gasteiger partial charge in [0.2, 0.25) is 0 Å². The highest BCUT2D eigenvalue weighted by molar-refractivity contribution is 6.03. The van der Waals surface area contributed by atoms with E-state index in [1.165, 1.54) is 25.7 Å². The van der Waals surface area contributed by atoms with Crippen molar-refractivity contribution in [2.24, 2.45) is 0 Å². The summed E-state index contributed by atoms with van der Waals surface area (Å²) < 4.78 is 43.0. The molecule has 0 radical (unpaired) electrons. The molecule has 1 aromatic carbocycles. The average Bonchev–Trinajstić information content (AvgIpc) is 2.47. The molecule has 110 valence electrons. The van der Waals surface area contributed by atoms with Crippen molar-refractivity contribution in [2.75, 3.05) is 12.4 Å². The largest absolute Gasteiger partial charge is 0.495 e. The second kappa shape index (κ2) is 5.78. The Morgan fingerprint density at radius 2 is 2.05 bits per heavy atom. The molecule has 21 heavy (non-hydrogen) atoms. The van der Waals surface area contributed by atoms with Crippen LogP contribution >= 0.6 is 0 Å². The minimum atomic E-state index is -4.52. The van der Waals surface area contributed by atoms with Crippen LogP contribution in [-0.2, 0) is 6.18 Å². The van der Waals surface area contributed by atoms with Gasteiger partial charge in [-0.1, -0.05) is 0 Å². The van der Waals surface area contributed by atoms with Gasteiger partial charge in [0.1, 0.15) is 11.4 Å². The maximum absolute atomic E-state index is 12.7. The van der Waals surface area contributed by atoms with E-state index < -0.39 is 17.6 Å². The molecule has 5 nitrogen and oxygen atoms in total. The van der Waals surface area contributed by atoms with Crippen LogP contribution in [0.5, 0.6) is 5.75 Å². The molecule has 1 aromatic heterocycles. The maximum atomic E-state index is 12.7. The fraction of sp³-hybridized carbons (Fsp3) is 0.154. The predicted octanol–water partition coefficient (Wildman–Crippen LogP) is 2.76. The Bertz CT molecular complexity index is 645. The van der Waals surface area contributed by atoms with E-state index >= 15 is 0 Å². The van der Waals surface area contributed by atoms with Gasteiger partial charge in [0, 0.05) is 12.4 Å². The number of aromatic nitrogens is 2.